The van der Waals surface area contributed by atoms with E-state index in [1.807, 2.05) is 0 Å². The molecule has 0 bridgehead atoms. The molecule has 0 aliphatic carbocycles. The summed E-state index contributed by atoms with van der Waals surface area (Å²) in [5.74, 6) is 0.0236. The normalized spacial score (nSPS) is 22.0. The molecule has 0 saturated carbocycles. The Labute approximate surface area is 134 Å². The van der Waals surface area contributed by atoms with Crippen LogP contribution < -0.4 is 9.47 Å². The zero-order chi connectivity index (χ0) is 16.1. The number of rotatable bonds is 2. The van der Waals surface area contributed by atoms with E-state index in [0.29, 0.717) is 10.0 Å². The number of fused-ring (bicyclic) bond motifs is 1. The molecule has 3 rings (SSSR count). The zero-order valence-corrected chi connectivity index (χ0v) is 13.6. The number of hydrogen-bond donors (Lipinski definition) is 0. The van der Waals surface area contributed by atoms with E-state index in [1.54, 1.807) is 19.9 Å². The summed E-state index contributed by atoms with van der Waals surface area (Å²) in [4.78, 5) is 17.5. The van der Waals surface area contributed by atoms with Crippen LogP contribution in [0.1, 0.15) is 19.4 Å². The maximum atomic E-state index is 13.2. The van der Waals surface area contributed by atoms with Gasteiger partial charge in [0.15, 0.2) is 18.1 Å². The summed E-state index contributed by atoms with van der Waals surface area (Å²) in [5, 5.41) is 1.23. The van der Waals surface area contributed by atoms with Crippen molar-refractivity contribution in [2.45, 2.75) is 26.5 Å². The zero-order valence-electron chi connectivity index (χ0n) is 12.0. The van der Waals surface area contributed by atoms with Gasteiger partial charge >= 0.3 is 6.11 Å². The number of alkyl halides is 2. The third-order valence-corrected chi connectivity index (χ3v) is 4.21. The largest absolute Gasteiger partial charge is 0.479 e. The lowest BCUT2D eigenvalue weighted by molar-refractivity contribution is -0.208. The van der Waals surface area contributed by atoms with E-state index < -0.39 is 18.1 Å². The van der Waals surface area contributed by atoms with Crippen LogP contribution in [0.4, 0.5) is 8.78 Å². The number of benzene rings is 1. The van der Waals surface area contributed by atoms with Crippen molar-refractivity contribution >= 4 is 21.8 Å². The molecular formula is C14H14BrF2NO4. The smallest absolute Gasteiger partial charge is 0.433 e. The molecule has 0 atom stereocenters. The highest BCUT2D eigenvalue weighted by Crippen LogP contribution is 2.41. The Kier molecular flexibility index (Phi) is 3.56. The highest BCUT2D eigenvalue weighted by Gasteiger charge is 2.41. The lowest BCUT2D eigenvalue weighted by Gasteiger charge is -2.27. The Balaban J connectivity index is 1.85. The number of hydroxylamine groups is 2. The first-order valence-corrected chi connectivity index (χ1v) is 7.44. The van der Waals surface area contributed by atoms with Gasteiger partial charge in [0.2, 0.25) is 0 Å². The van der Waals surface area contributed by atoms with Crippen LogP contribution in [0, 0.1) is 5.41 Å². The lowest BCUT2D eigenvalue weighted by atomic mass is 9.95. The van der Waals surface area contributed by atoms with Crippen molar-refractivity contribution < 1.29 is 27.9 Å². The molecule has 0 spiro atoms. The number of nitrogens with zero attached hydrogens (tertiary/aromatic N) is 1. The summed E-state index contributed by atoms with van der Waals surface area (Å²) in [6.07, 6.45) is -3.36. The Morgan fingerprint density at radius 1 is 1.27 bits per heavy atom. The molecule has 120 valence electrons. The maximum Gasteiger partial charge on any atom is 0.433 e. The monoisotopic (exact) mass is 377 g/mol. The van der Waals surface area contributed by atoms with Crippen molar-refractivity contribution in [3.63, 3.8) is 0 Å². The summed E-state index contributed by atoms with van der Waals surface area (Å²) in [5.41, 5.74) is -0.000973. The molecule has 1 amide bonds. The third kappa shape index (κ3) is 2.77. The van der Waals surface area contributed by atoms with Gasteiger partial charge in [0, 0.05) is 4.47 Å². The summed E-state index contributed by atoms with van der Waals surface area (Å²) < 4.78 is 36.7. The number of carbonyl (C=O) groups is 1. The van der Waals surface area contributed by atoms with E-state index in [-0.39, 0.29) is 30.6 Å². The molecule has 2 heterocycles. The van der Waals surface area contributed by atoms with E-state index in [0.717, 1.165) is 0 Å². The Morgan fingerprint density at radius 2 is 2.00 bits per heavy atom. The Morgan fingerprint density at radius 3 is 2.64 bits per heavy atom. The highest BCUT2D eigenvalue weighted by molar-refractivity contribution is 9.10. The molecule has 8 heteroatoms. The predicted octanol–water partition coefficient (Wildman–Crippen LogP) is 3.11. The van der Waals surface area contributed by atoms with Crippen LogP contribution in [0.2, 0.25) is 0 Å². The van der Waals surface area contributed by atoms with Gasteiger partial charge in [-0.2, -0.15) is 8.78 Å². The summed E-state index contributed by atoms with van der Waals surface area (Å²) in [7, 11) is 0. The van der Waals surface area contributed by atoms with Crippen molar-refractivity contribution in [3.8, 4) is 11.5 Å². The van der Waals surface area contributed by atoms with E-state index in [1.165, 1.54) is 11.1 Å². The maximum absolute atomic E-state index is 13.2. The van der Waals surface area contributed by atoms with Crippen molar-refractivity contribution in [2.24, 2.45) is 5.41 Å². The topological polar surface area (TPSA) is 48.0 Å². The standard InChI is InChI=1S/C14H14BrF2NO4/c1-13(2)6-21-18(12(13)19)5-8-3-11-10(4-9(8)15)20-7-14(16,17)22-11/h3-4H,5-7H2,1-2H3. The number of halogens is 3. The molecule has 1 aromatic rings. The fourth-order valence-electron chi connectivity index (χ4n) is 2.21. The van der Waals surface area contributed by atoms with Crippen LogP contribution in [0.15, 0.2) is 16.6 Å². The SMILES string of the molecule is CC1(C)CON(Cc2cc3c(cc2Br)OCC(F)(F)O3)C1=O. The quantitative estimate of drug-likeness (QED) is 0.794. The van der Waals surface area contributed by atoms with E-state index >= 15 is 0 Å². The molecule has 1 fully saturated rings. The first kappa shape index (κ1) is 15.5. The van der Waals surface area contributed by atoms with E-state index in [9.17, 15) is 13.6 Å². The summed E-state index contributed by atoms with van der Waals surface area (Å²) in [6, 6.07) is 2.97. The average Bonchev–Trinajstić information content (AvgIpc) is 2.66. The second-order valence-electron chi connectivity index (χ2n) is 5.92. The fraction of sp³-hybridized carbons (Fsp3) is 0.500. The van der Waals surface area contributed by atoms with Crippen molar-refractivity contribution in [3.05, 3.63) is 22.2 Å². The average molecular weight is 378 g/mol. The Bertz CT molecular complexity index is 636. The summed E-state index contributed by atoms with van der Waals surface area (Å²) >= 11 is 3.34. The molecule has 22 heavy (non-hydrogen) atoms. The van der Waals surface area contributed by atoms with Gasteiger partial charge in [-0.15, -0.1) is 0 Å². The first-order valence-electron chi connectivity index (χ1n) is 6.65. The molecule has 0 unspecified atom stereocenters. The van der Waals surface area contributed by atoms with Crippen LogP contribution in [0.5, 0.6) is 11.5 Å². The predicted molar refractivity (Wildman–Crippen MR) is 75.5 cm³/mol. The first-order chi connectivity index (χ1) is 10.2. The molecule has 1 saturated heterocycles. The highest BCUT2D eigenvalue weighted by atomic mass is 79.9. The van der Waals surface area contributed by atoms with Gasteiger partial charge in [0.1, 0.15) is 0 Å². The van der Waals surface area contributed by atoms with E-state index in [2.05, 4.69) is 20.7 Å². The second kappa shape index (κ2) is 5.06. The van der Waals surface area contributed by atoms with Gasteiger partial charge in [-0.25, -0.2) is 5.06 Å². The second-order valence-corrected chi connectivity index (χ2v) is 6.77. The minimum Gasteiger partial charge on any atom is -0.479 e. The van der Waals surface area contributed by atoms with Crippen LogP contribution in [0.3, 0.4) is 0 Å². The third-order valence-electron chi connectivity index (χ3n) is 3.47. The van der Waals surface area contributed by atoms with Crippen LogP contribution in [0.25, 0.3) is 0 Å². The van der Waals surface area contributed by atoms with Crippen molar-refractivity contribution in [1.82, 2.24) is 5.06 Å². The van der Waals surface area contributed by atoms with Crippen LogP contribution in [-0.2, 0) is 16.2 Å². The molecule has 2 aliphatic heterocycles. The minimum absolute atomic E-state index is 0.0552. The molecule has 5 nitrogen and oxygen atoms in total. The minimum atomic E-state index is -3.36. The Hall–Kier alpha value is -1.41. The van der Waals surface area contributed by atoms with Gasteiger partial charge in [-0.3, -0.25) is 9.63 Å². The molecule has 1 aromatic carbocycles. The molecule has 2 aliphatic rings. The van der Waals surface area contributed by atoms with Gasteiger partial charge in [0.05, 0.1) is 18.6 Å². The van der Waals surface area contributed by atoms with Gasteiger partial charge in [-0.1, -0.05) is 15.9 Å². The number of amides is 1. The molecule has 0 N–H and O–H groups in total. The number of carbonyl (C=O) groups excluding carboxylic acids is 1. The van der Waals surface area contributed by atoms with E-state index in [4.69, 9.17) is 9.57 Å². The molecule has 0 aromatic heterocycles. The lowest BCUT2D eigenvalue weighted by Crippen LogP contribution is -2.36. The van der Waals surface area contributed by atoms with Crippen molar-refractivity contribution in [1.29, 1.82) is 0 Å². The number of hydrogen-bond acceptors (Lipinski definition) is 4. The summed E-state index contributed by atoms with van der Waals surface area (Å²) in [6.45, 7) is 3.16. The molecular weight excluding hydrogens is 364 g/mol. The van der Waals surface area contributed by atoms with Gasteiger partial charge in [-0.05, 0) is 31.5 Å². The van der Waals surface area contributed by atoms with Crippen LogP contribution >= 0.6 is 15.9 Å². The van der Waals surface area contributed by atoms with Crippen molar-refractivity contribution in [2.75, 3.05) is 13.2 Å². The molecule has 0 radical (unpaired) electrons. The van der Waals surface area contributed by atoms with Gasteiger partial charge < -0.3 is 9.47 Å². The fourth-order valence-corrected chi connectivity index (χ4v) is 2.66. The van der Waals surface area contributed by atoms with Gasteiger partial charge in [0.25, 0.3) is 5.91 Å². The van der Waals surface area contributed by atoms with Crippen LogP contribution in [-0.4, -0.2) is 30.3 Å². The number of ether oxygens (including phenoxy) is 2.